The van der Waals surface area contributed by atoms with E-state index in [1.807, 2.05) is 0 Å². The number of aromatic nitrogens is 1. The van der Waals surface area contributed by atoms with Crippen molar-refractivity contribution in [2.75, 3.05) is 44.7 Å². The van der Waals surface area contributed by atoms with E-state index in [2.05, 4.69) is 10.3 Å². The van der Waals surface area contributed by atoms with Crippen molar-refractivity contribution in [3.05, 3.63) is 23.9 Å². The fourth-order valence-electron chi connectivity index (χ4n) is 2.08. The zero-order valence-electron chi connectivity index (χ0n) is 11.7. The van der Waals surface area contributed by atoms with Gasteiger partial charge in [-0.3, -0.25) is 4.79 Å². The predicted octanol–water partition coefficient (Wildman–Crippen LogP) is 0.968. The van der Waals surface area contributed by atoms with Crippen LogP contribution in [-0.4, -0.2) is 55.6 Å². The highest BCUT2D eigenvalue weighted by molar-refractivity contribution is 5.81. The topological polar surface area (TPSA) is 48.5 Å². The molecule has 1 fully saturated rings. The summed E-state index contributed by atoms with van der Waals surface area (Å²) in [5.41, 5.74) is -0.798. The molecule has 116 valence electrons. The van der Waals surface area contributed by atoms with Crippen LogP contribution in [0.3, 0.4) is 0 Å². The van der Waals surface area contributed by atoms with E-state index in [0.717, 1.165) is 25.4 Å². The Morgan fingerprint density at radius 1 is 1.38 bits per heavy atom. The molecule has 1 N–H and O–H groups in total. The molecular formula is C13H17F3N4O. The molecular weight excluding hydrogens is 285 g/mol. The van der Waals surface area contributed by atoms with Crippen LogP contribution in [-0.2, 0) is 11.0 Å². The normalized spacial score (nSPS) is 15.9. The number of alkyl halides is 3. The number of pyridine rings is 1. The molecule has 1 aliphatic heterocycles. The molecule has 0 atom stereocenters. The van der Waals surface area contributed by atoms with Crippen LogP contribution in [0.1, 0.15) is 5.56 Å². The molecule has 0 spiro atoms. The number of rotatable bonds is 3. The van der Waals surface area contributed by atoms with Gasteiger partial charge in [-0.1, -0.05) is 0 Å². The number of carbonyl (C=O) groups is 1. The lowest BCUT2D eigenvalue weighted by Crippen LogP contribution is -2.49. The molecule has 0 saturated carbocycles. The standard InChI is InChI=1S/C13H17F3N4O/c1-19(9-12(21)20-6-4-17-5-7-20)11-3-2-10(8-18-11)13(14,15)16/h2-3,8,17H,4-7,9H2,1H3. The van der Waals surface area contributed by atoms with Gasteiger partial charge in [0.1, 0.15) is 5.82 Å². The van der Waals surface area contributed by atoms with Crippen molar-refractivity contribution in [1.29, 1.82) is 0 Å². The smallest absolute Gasteiger partial charge is 0.350 e. The van der Waals surface area contributed by atoms with E-state index >= 15 is 0 Å². The average molecular weight is 302 g/mol. The Balaban J connectivity index is 1.96. The van der Waals surface area contributed by atoms with E-state index in [-0.39, 0.29) is 12.5 Å². The van der Waals surface area contributed by atoms with Gasteiger partial charge in [0.15, 0.2) is 0 Å². The van der Waals surface area contributed by atoms with E-state index in [4.69, 9.17) is 0 Å². The van der Waals surface area contributed by atoms with Gasteiger partial charge < -0.3 is 15.1 Å². The van der Waals surface area contributed by atoms with Gasteiger partial charge in [-0.15, -0.1) is 0 Å². The number of carbonyl (C=O) groups excluding carboxylic acids is 1. The molecule has 21 heavy (non-hydrogen) atoms. The summed E-state index contributed by atoms with van der Waals surface area (Å²) < 4.78 is 37.4. The minimum Gasteiger partial charge on any atom is -0.350 e. The van der Waals surface area contributed by atoms with Crippen molar-refractivity contribution in [1.82, 2.24) is 15.2 Å². The highest BCUT2D eigenvalue weighted by Gasteiger charge is 2.30. The van der Waals surface area contributed by atoms with Crippen LogP contribution in [0.2, 0.25) is 0 Å². The molecule has 2 heterocycles. The van der Waals surface area contributed by atoms with E-state index < -0.39 is 11.7 Å². The Morgan fingerprint density at radius 2 is 2.05 bits per heavy atom. The Bertz CT molecular complexity index is 483. The van der Waals surface area contributed by atoms with Gasteiger partial charge in [-0.25, -0.2) is 4.98 Å². The molecule has 8 heteroatoms. The van der Waals surface area contributed by atoms with Crippen LogP contribution in [0, 0.1) is 0 Å². The summed E-state index contributed by atoms with van der Waals surface area (Å²) in [7, 11) is 1.63. The number of piperazine rings is 1. The first-order valence-electron chi connectivity index (χ1n) is 6.61. The Morgan fingerprint density at radius 3 is 2.57 bits per heavy atom. The lowest BCUT2D eigenvalue weighted by Gasteiger charge is -2.29. The second kappa shape index (κ2) is 6.30. The summed E-state index contributed by atoms with van der Waals surface area (Å²) in [6.45, 7) is 2.90. The number of nitrogens with one attached hydrogen (secondary N) is 1. The van der Waals surface area contributed by atoms with E-state index in [9.17, 15) is 18.0 Å². The van der Waals surface area contributed by atoms with Gasteiger partial charge in [0.05, 0.1) is 12.1 Å². The molecule has 0 bridgehead atoms. The molecule has 0 radical (unpaired) electrons. The van der Waals surface area contributed by atoms with Gasteiger partial charge in [-0.2, -0.15) is 13.2 Å². The first-order chi connectivity index (χ1) is 9.88. The average Bonchev–Trinajstić information content (AvgIpc) is 2.47. The Hall–Kier alpha value is -1.83. The van der Waals surface area contributed by atoms with Crippen molar-refractivity contribution < 1.29 is 18.0 Å². The fraction of sp³-hybridized carbons (Fsp3) is 0.538. The van der Waals surface area contributed by atoms with Crippen LogP contribution >= 0.6 is 0 Å². The maximum absolute atomic E-state index is 12.5. The molecule has 1 aromatic rings. The van der Waals surface area contributed by atoms with Crippen LogP contribution < -0.4 is 10.2 Å². The minimum atomic E-state index is -4.40. The van der Waals surface area contributed by atoms with E-state index in [1.165, 1.54) is 6.07 Å². The third-order valence-corrected chi connectivity index (χ3v) is 3.31. The molecule has 2 rings (SSSR count). The van der Waals surface area contributed by atoms with Gasteiger partial charge in [-0.05, 0) is 12.1 Å². The first-order valence-corrected chi connectivity index (χ1v) is 6.61. The van der Waals surface area contributed by atoms with E-state index in [1.54, 1.807) is 16.8 Å². The molecule has 0 aliphatic carbocycles. The maximum atomic E-state index is 12.5. The van der Waals surface area contributed by atoms with Crippen LogP contribution in [0.15, 0.2) is 18.3 Å². The van der Waals surface area contributed by atoms with Crippen molar-refractivity contribution in [2.24, 2.45) is 0 Å². The van der Waals surface area contributed by atoms with Crippen LogP contribution in [0.25, 0.3) is 0 Å². The highest BCUT2D eigenvalue weighted by atomic mass is 19.4. The number of hydrogen-bond acceptors (Lipinski definition) is 4. The van der Waals surface area contributed by atoms with Crippen molar-refractivity contribution >= 4 is 11.7 Å². The molecule has 5 nitrogen and oxygen atoms in total. The fourth-order valence-corrected chi connectivity index (χ4v) is 2.08. The van der Waals surface area contributed by atoms with Gasteiger partial charge in [0.25, 0.3) is 0 Å². The first kappa shape index (κ1) is 15.6. The Kier molecular flexibility index (Phi) is 4.66. The summed E-state index contributed by atoms with van der Waals surface area (Å²) in [6, 6.07) is 2.24. The van der Waals surface area contributed by atoms with Crippen LogP contribution in [0.5, 0.6) is 0 Å². The monoisotopic (exact) mass is 302 g/mol. The molecule has 0 unspecified atom stereocenters. The highest BCUT2D eigenvalue weighted by Crippen LogP contribution is 2.29. The third kappa shape index (κ3) is 4.07. The lowest BCUT2D eigenvalue weighted by molar-refractivity contribution is -0.137. The quantitative estimate of drug-likeness (QED) is 0.904. The number of amides is 1. The van der Waals surface area contributed by atoms with Gasteiger partial charge in [0.2, 0.25) is 5.91 Å². The van der Waals surface area contributed by atoms with Crippen LogP contribution in [0.4, 0.5) is 19.0 Å². The number of hydrogen-bond donors (Lipinski definition) is 1. The summed E-state index contributed by atoms with van der Waals surface area (Å²) in [5.74, 6) is 0.284. The molecule has 1 saturated heterocycles. The number of nitrogens with zero attached hydrogens (tertiary/aromatic N) is 3. The van der Waals surface area contributed by atoms with E-state index in [0.29, 0.717) is 18.9 Å². The number of anilines is 1. The SMILES string of the molecule is CN(CC(=O)N1CCNCC1)c1ccc(C(F)(F)F)cn1. The second-order valence-electron chi connectivity index (χ2n) is 4.89. The number of halogens is 3. The molecule has 1 amide bonds. The minimum absolute atomic E-state index is 0.0549. The number of likely N-dealkylation sites (N-methyl/N-ethyl adjacent to an activating group) is 1. The maximum Gasteiger partial charge on any atom is 0.417 e. The summed E-state index contributed by atoms with van der Waals surface area (Å²) in [6.07, 6.45) is -3.62. The summed E-state index contributed by atoms with van der Waals surface area (Å²) in [4.78, 5) is 19.1. The Labute approximate surface area is 120 Å². The van der Waals surface area contributed by atoms with Crippen molar-refractivity contribution in [3.63, 3.8) is 0 Å². The molecule has 0 aromatic carbocycles. The van der Waals surface area contributed by atoms with Crippen molar-refractivity contribution in [2.45, 2.75) is 6.18 Å². The summed E-state index contributed by atoms with van der Waals surface area (Å²) >= 11 is 0. The molecule has 1 aliphatic rings. The van der Waals surface area contributed by atoms with Gasteiger partial charge >= 0.3 is 6.18 Å². The predicted molar refractivity (Wildman–Crippen MR) is 72.0 cm³/mol. The van der Waals surface area contributed by atoms with Gasteiger partial charge in [0, 0.05) is 39.4 Å². The third-order valence-electron chi connectivity index (χ3n) is 3.31. The largest absolute Gasteiger partial charge is 0.417 e. The second-order valence-corrected chi connectivity index (χ2v) is 4.89. The van der Waals surface area contributed by atoms with Crippen molar-refractivity contribution in [3.8, 4) is 0 Å². The lowest BCUT2D eigenvalue weighted by atomic mass is 10.2. The summed E-state index contributed by atoms with van der Waals surface area (Å²) in [5, 5.41) is 3.15. The molecule has 1 aromatic heterocycles. The zero-order valence-corrected chi connectivity index (χ0v) is 11.7. The zero-order chi connectivity index (χ0) is 15.5.